The van der Waals surface area contributed by atoms with Crippen molar-refractivity contribution in [3.05, 3.63) is 69.9 Å². The number of fused-ring (bicyclic) bond motifs is 1. The van der Waals surface area contributed by atoms with Gasteiger partial charge >= 0.3 is 0 Å². The number of aromatic nitrogens is 3. The molecule has 5 rings (SSSR count). The van der Waals surface area contributed by atoms with Crippen LogP contribution in [-0.4, -0.2) is 20.7 Å². The van der Waals surface area contributed by atoms with E-state index in [9.17, 15) is 9.59 Å². The smallest absolute Gasteiger partial charge is 0.292 e. The number of hydrogen-bond donors (Lipinski definition) is 1. The second-order valence-corrected chi connectivity index (χ2v) is 7.30. The van der Waals surface area contributed by atoms with E-state index in [1.807, 2.05) is 35.7 Å². The van der Waals surface area contributed by atoms with Crippen LogP contribution in [0, 0.1) is 0 Å². The van der Waals surface area contributed by atoms with Crippen LogP contribution in [0.25, 0.3) is 21.3 Å². The van der Waals surface area contributed by atoms with Crippen molar-refractivity contribution < 1.29 is 9.32 Å². The van der Waals surface area contributed by atoms with Crippen LogP contribution >= 0.6 is 11.3 Å². The Labute approximate surface area is 157 Å². The maximum absolute atomic E-state index is 12.9. The highest BCUT2D eigenvalue weighted by molar-refractivity contribution is 7.17. The number of carbonyl (C=O) groups excluding carboxylic acids is 1. The fourth-order valence-electron chi connectivity index (χ4n) is 2.97. The molecule has 0 saturated heterocycles. The molecule has 8 heteroatoms. The van der Waals surface area contributed by atoms with Crippen LogP contribution in [0.2, 0.25) is 0 Å². The Bertz CT molecular complexity index is 1200. The van der Waals surface area contributed by atoms with Crippen molar-refractivity contribution in [3.8, 4) is 11.1 Å². The van der Waals surface area contributed by atoms with E-state index in [4.69, 9.17) is 4.52 Å². The SMILES string of the molecule is O=C(Nn1cnc2scc(-c3ccccc3)c2c1=O)c1cc(C2CC2)on1. The molecule has 0 atom stereocenters. The zero-order valence-corrected chi connectivity index (χ0v) is 14.9. The highest BCUT2D eigenvalue weighted by Crippen LogP contribution is 2.40. The average Bonchev–Trinajstić information content (AvgIpc) is 3.26. The van der Waals surface area contributed by atoms with Crippen LogP contribution in [0.5, 0.6) is 0 Å². The lowest BCUT2D eigenvalue weighted by Crippen LogP contribution is -2.33. The summed E-state index contributed by atoms with van der Waals surface area (Å²) >= 11 is 1.40. The molecule has 27 heavy (non-hydrogen) atoms. The number of rotatable bonds is 4. The second kappa shape index (κ2) is 6.17. The standard InChI is InChI=1S/C19H14N4O3S/c24-17(14-8-15(26-22-14)12-6-7-12)21-23-10-20-18-16(19(23)25)13(9-27-18)11-4-2-1-3-5-11/h1-5,8-10,12H,6-7H2,(H,21,24). The van der Waals surface area contributed by atoms with Crippen molar-refractivity contribution >= 4 is 27.5 Å². The molecule has 4 aromatic rings. The maximum atomic E-state index is 12.9. The molecule has 7 nitrogen and oxygen atoms in total. The van der Waals surface area contributed by atoms with E-state index in [-0.39, 0.29) is 11.3 Å². The molecule has 1 amide bonds. The Morgan fingerprint density at radius 2 is 2.07 bits per heavy atom. The average molecular weight is 378 g/mol. The van der Waals surface area contributed by atoms with Crippen molar-refractivity contribution in [2.24, 2.45) is 0 Å². The van der Waals surface area contributed by atoms with Crippen molar-refractivity contribution in [2.45, 2.75) is 18.8 Å². The first kappa shape index (κ1) is 16.0. The predicted octanol–water partition coefficient (Wildman–Crippen LogP) is 3.37. The molecule has 0 bridgehead atoms. The van der Waals surface area contributed by atoms with Crippen molar-refractivity contribution in [3.63, 3.8) is 0 Å². The number of amides is 1. The predicted molar refractivity (Wildman–Crippen MR) is 101 cm³/mol. The van der Waals surface area contributed by atoms with Crippen LogP contribution in [0.4, 0.5) is 0 Å². The normalized spacial score (nSPS) is 13.8. The molecule has 0 unspecified atom stereocenters. The molecule has 1 aliphatic carbocycles. The van der Waals surface area contributed by atoms with Crippen molar-refractivity contribution in [2.75, 3.05) is 5.43 Å². The van der Waals surface area contributed by atoms with Gasteiger partial charge in [0.05, 0.1) is 5.39 Å². The number of benzene rings is 1. The molecule has 1 aromatic carbocycles. The monoisotopic (exact) mass is 378 g/mol. The molecule has 134 valence electrons. The molecule has 1 saturated carbocycles. The summed E-state index contributed by atoms with van der Waals surface area (Å²) in [5.41, 5.74) is 4.09. The maximum Gasteiger partial charge on any atom is 0.292 e. The zero-order chi connectivity index (χ0) is 18.4. The van der Waals surface area contributed by atoms with E-state index in [0.29, 0.717) is 21.9 Å². The lowest BCUT2D eigenvalue weighted by Gasteiger charge is -2.06. The first-order chi connectivity index (χ1) is 13.2. The van der Waals surface area contributed by atoms with Gasteiger partial charge in [-0.05, 0) is 18.4 Å². The quantitative estimate of drug-likeness (QED) is 0.588. The summed E-state index contributed by atoms with van der Waals surface area (Å²) in [7, 11) is 0. The van der Waals surface area contributed by atoms with Gasteiger partial charge in [0, 0.05) is 22.9 Å². The van der Waals surface area contributed by atoms with Gasteiger partial charge < -0.3 is 4.52 Å². The number of nitrogens with one attached hydrogen (secondary N) is 1. The minimum Gasteiger partial charge on any atom is -0.360 e. The Morgan fingerprint density at radius 1 is 1.26 bits per heavy atom. The summed E-state index contributed by atoms with van der Waals surface area (Å²) in [6.07, 6.45) is 3.42. The van der Waals surface area contributed by atoms with E-state index < -0.39 is 5.91 Å². The van der Waals surface area contributed by atoms with Gasteiger partial charge in [0.2, 0.25) is 0 Å². The molecule has 0 aliphatic heterocycles. The van der Waals surface area contributed by atoms with Gasteiger partial charge in [0.1, 0.15) is 16.9 Å². The molecular formula is C19H14N4O3S. The molecule has 3 aromatic heterocycles. The fraction of sp³-hybridized carbons (Fsp3) is 0.158. The van der Waals surface area contributed by atoms with Crippen LogP contribution in [0.1, 0.15) is 35.0 Å². The number of thiophene rings is 1. The lowest BCUT2D eigenvalue weighted by molar-refractivity contribution is 0.0998. The Kier molecular flexibility index (Phi) is 3.64. The van der Waals surface area contributed by atoms with Crippen molar-refractivity contribution in [1.29, 1.82) is 0 Å². The first-order valence-electron chi connectivity index (χ1n) is 8.53. The van der Waals surface area contributed by atoms with Gasteiger partial charge in [-0.3, -0.25) is 15.0 Å². The third-order valence-corrected chi connectivity index (χ3v) is 5.43. The van der Waals surface area contributed by atoms with Gasteiger partial charge in [-0.15, -0.1) is 11.3 Å². The van der Waals surface area contributed by atoms with E-state index >= 15 is 0 Å². The summed E-state index contributed by atoms with van der Waals surface area (Å²) in [4.78, 5) is 30.3. The number of hydrogen-bond acceptors (Lipinski definition) is 6. The van der Waals surface area contributed by atoms with E-state index in [0.717, 1.165) is 28.6 Å². The van der Waals surface area contributed by atoms with Crippen LogP contribution in [0.3, 0.4) is 0 Å². The molecule has 3 heterocycles. The van der Waals surface area contributed by atoms with E-state index in [2.05, 4.69) is 15.6 Å². The lowest BCUT2D eigenvalue weighted by atomic mass is 10.1. The Balaban J connectivity index is 1.50. The van der Waals surface area contributed by atoms with Crippen LogP contribution in [-0.2, 0) is 0 Å². The minimum absolute atomic E-state index is 0.150. The molecule has 0 radical (unpaired) electrons. The van der Waals surface area contributed by atoms with Gasteiger partial charge in [-0.1, -0.05) is 35.5 Å². The second-order valence-electron chi connectivity index (χ2n) is 6.45. The Hall–Kier alpha value is -3.26. The molecule has 0 spiro atoms. The van der Waals surface area contributed by atoms with Gasteiger partial charge in [-0.2, -0.15) is 0 Å². The van der Waals surface area contributed by atoms with E-state index in [1.54, 1.807) is 6.07 Å². The summed E-state index contributed by atoms with van der Waals surface area (Å²) < 4.78 is 6.29. The third kappa shape index (κ3) is 2.83. The summed E-state index contributed by atoms with van der Waals surface area (Å²) in [6, 6.07) is 11.2. The van der Waals surface area contributed by atoms with Gasteiger partial charge in [-0.25, -0.2) is 9.66 Å². The zero-order valence-electron chi connectivity index (χ0n) is 14.1. The Morgan fingerprint density at radius 3 is 2.85 bits per heavy atom. The highest BCUT2D eigenvalue weighted by Gasteiger charge is 2.29. The minimum atomic E-state index is -0.509. The molecular weight excluding hydrogens is 364 g/mol. The number of nitrogens with zero attached hydrogens (tertiary/aromatic N) is 3. The van der Waals surface area contributed by atoms with Gasteiger partial charge in [0.25, 0.3) is 11.5 Å². The third-order valence-electron chi connectivity index (χ3n) is 4.54. The molecule has 1 fully saturated rings. The van der Waals surface area contributed by atoms with E-state index in [1.165, 1.54) is 17.7 Å². The largest absolute Gasteiger partial charge is 0.360 e. The number of carbonyl (C=O) groups is 1. The fourth-order valence-corrected chi connectivity index (χ4v) is 3.87. The summed E-state index contributed by atoms with van der Waals surface area (Å²) in [5, 5.41) is 6.18. The topological polar surface area (TPSA) is 90.0 Å². The summed E-state index contributed by atoms with van der Waals surface area (Å²) in [6.45, 7) is 0. The molecule has 1 aliphatic rings. The molecule has 1 N–H and O–H groups in total. The van der Waals surface area contributed by atoms with Gasteiger partial charge in [0.15, 0.2) is 5.69 Å². The highest BCUT2D eigenvalue weighted by atomic mass is 32.1. The van der Waals surface area contributed by atoms with Crippen LogP contribution < -0.4 is 11.0 Å². The first-order valence-corrected chi connectivity index (χ1v) is 9.41. The van der Waals surface area contributed by atoms with Crippen LogP contribution in [0.15, 0.2) is 57.4 Å². The van der Waals surface area contributed by atoms with Crippen molar-refractivity contribution in [1.82, 2.24) is 14.8 Å². The summed E-state index contributed by atoms with van der Waals surface area (Å²) in [5.74, 6) is 0.565.